The molecule has 0 aliphatic heterocycles. The molecule has 0 amide bonds. The number of alkyl halides is 1. The second kappa shape index (κ2) is 3.53. The fourth-order valence-electron chi connectivity index (χ4n) is 2.95. The highest BCUT2D eigenvalue weighted by Crippen LogP contribution is 2.40. The average Bonchev–Trinajstić information content (AvgIpc) is 2.83. The lowest BCUT2D eigenvalue weighted by atomic mass is 9.99. The van der Waals surface area contributed by atoms with Crippen molar-refractivity contribution in [3.05, 3.63) is 28.3 Å². The van der Waals surface area contributed by atoms with E-state index in [1.165, 1.54) is 5.56 Å². The molecule has 2 aliphatic carbocycles. The van der Waals surface area contributed by atoms with E-state index in [1.807, 2.05) is 0 Å². The maximum Gasteiger partial charge on any atom is 0.240 e. The minimum Gasteiger partial charge on any atom is -0.247 e. The van der Waals surface area contributed by atoms with E-state index in [9.17, 15) is 9.18 Å². The van der Waals surface area contributed by atoms with Gasteiger partial charge in [0.1, 0.15) is 6.17 Å². The van der Waals surface area contributed by atoms with E-state index in [-0.39, 0.29) is 0 Å². The lowest BCUT2D eigenvalue weighted by molar-refractivity contribution is 0.349. The Bertz CT molecular complexity index is 503. The quantitative estimate of drug-likeness (QED) is 0.525. The summed E-state index contributed by atoms with van der Waals surface area (Å²) in [7, 11) is 0. The van der Waals surface area contributed by atoms with Gasteiger partial charge in [-0.2, -0.15) is 4.99 Å². The summed E-state index contributed by atoms with van der Waals surface area (Å²) >= 11 is 0. The molecular weight excluding hydrogens is 205 g/mol. The van der Waals surface area contributed by atoms with Crippen LogP contribution in [-0.2, 0) is 30.5 Å². The molecule has 2 aliphatic rings. The fourth-order valence-corrected chi connectivity index (χ4v) is 2.95. The lowest BCUT2D eigenvalue weighted by Crippen LogP contribution is -1.96. The number of nitrogens with zero attached hydrogens (tertiary/aromatic N) is 1. The van der Waals surface area contributed by atoms with Gasteiger partial charge in [0, 0.05) is 12.8 Å². The van der Waals surface area contributed by atoms with Crippen LogP contribution in [-0.4, -0.2) is 12.3 Å². The number of hydrogen-bond donors (Lipinski definition) is 0. The van der Waals surface area contributed by atoms with Gasteiger partial charge in [0.05, 0.1) is 5.69 Å². The van der Waals surface area contributed by atoms with Crippen LogP contribution in [0.25, 0.3) is 0 Å². The standard InChI is InChI=1S/C13H12FNO/c14-10-5-9-4-8-2-1-3-11(8)13(15-7-16)12(9)6-10/h4,10H,1-3,5-6H2/t10-/m0/s1. The highest BCUT2D eigenvalue weighted by Gasteiger charge is 2.28. The molecule has 0 saturated carbocycles. The minimum absolute atomic E-state index is 0.406. The van der Waals surface area contributed by atoms with Gasteiger partial charge in [0.2, 0.25) is 6.08 Å². The summed E-state index contributed by atoms with van der Waals surface area (Å²) in [6.45, 7) is 0. The van der Waals surface area contributed by atoms with Crippen molar-refractivity contribution < 1.29 is 9.18 Å². The molecule has 16 heavy (non-hydrogen) atoms. The van der Waals surface area contributed by atoms with Crippen molar-refractivity contribution in [3.8, 4) is 0 Å². The van der Waals surface area contributed by atoms with Gasteiger partial charge in [0.25, 0.3) is 0 Å². The molecule has 0 N–H and O–H groups in total. The first-order valence-corrected chi connectivity index (χ1v) is 5.68. The molecule has 3 heteroatoms. The molecule has 1 aromatic rings. The fraction of sp³-hybridized carbons (Fsp3) is 0.462. The predicted octanol–water partition coefficient (Wildman–Crippen LogP) is 2.58. The molecule has 0 aromatic heterocycles. The number of aliphatic imine (C=N–C) groups is 1. The van der Waals surface area contributed by atoms with Crippen LogP contribution in [0.2, 0.25) is 0 Å². The number of carbonyl (C=O) groups excluding carboxylic acids is 1. The lowest BCUT2D eigenvalue weighted by Gasteiger charge is -2.08. The Morgan fingerprint density at radius 1 is 1.25 bits per heavy atom. The Balaban J connectivity index is 2.24. The SMILES string of the molecule is O=C=Nc1c2c(cc3c1C[C@@H](F)C3)CCC2. The number of benzene rings is 1. The van der Waals surface area contributed by atoms with Crippen molar-refractivity contribution in [1.29, 1.82) is 0 Å². The van der Waals surface area contributed by atoms with E-state index in [1.54, 1.807) is 6.08 Å². The van der Waals surface area contributed by atoms with Gasteiger partial charge in [-0.25, -0.2) is 9.18 Å². The molecule has 0 saturated heterocycles. The van der Waals surface area contributed by atoms with E-state index in [0.717, 1.165) is 41.6 Å². The van der Waals surface area contributed by atoms with Gasteiger partial charge in [-0.1, -0.05) is 6.07 Å². The molecule has 0 fully saturated rings. The molecule has 0 heterocycles. The molecule has 0 unspecified atom stereocenters. The van der Waals surface area contributed by atoms with E-state index in [0.29, 0.717) is 12.8 Å². The van der Waals surface area contributed by atoms with Crippen LogP contribution in [0.15, 0.2) is 11.1 Å². The summed E-state index contributed by atoms with van der Waals surface area (Å²) in [6, 6.07) is 2.11. The number of aryl methyl sites for hydroxylation is 1. The predicted molar refractivity (Wildman–Crippen MR) is 58.6 cm³/mol. The zero-order chi connectivity index (χ0) is 11.1. The van der Waals surface area contributed by atoms with Crippen LogP contribution in [0.4, 0.5) is 10.1 Å². The van der Waals surface area contributed by atoms with Gasteiger partial charge in [-0.05, 0) is 41.5 Å². The number of hydrogen-bond acceptors (Lipinski definition) is 2. The van der Waals surface area contributed by atoms with Crippen LogP contribution < -0.4 is 0 Å². The first-order chi connectivity index (χ1) is 7.79. The van der Waals surface area contributed by atoms with E-state index >= 15 is 0 Å². The van der Waals surface area contributed by atoms with Crippen LogP contribution in [0.3, 0.4) is 0 Å². The van der Waals surface area contributed by atoms with Gasteiger partial charge in [0.15, 0.2) is 0 Å². The molecule has 0 bridgehead atoms. The molecule has 0 spiro atoms. The first-order valence-electron chi connectivity index (χ1n) is 5.68. The maximum absolute atomic E-state index is 13.4. The van der Waals surface area contributed by atoms with Crippen LogP contribution in [0.5, 0.6) is 0 Å². The van der Waals surface area contributed by atoms with Gasteiger partial charge in [-0.15, -0.1) is 0 Å². The molecule has 3 rings (SSSR count). The van der Waals surface area contributed by atoms with E-state index < -0.39 is 6.17 Å². The molecular formula is C13H12FNO. The largest absolute Gasteiger partial charge is 0.247 e. The Kier molecular flexibility index (Phi) is 2.15. The van der Waals surface area contributed by atoms with Crippen LogP contribution in [0, 0.1) is 0 Å². The maximum atomic E-state index is 13.4. The van der Waals surface area contributed by atoms with Gasteiger partial charge in [-0.3, -0.25) is 0 Å². The van der Waals surface area contributed by atoms with Crippen molar-refractivity contribution in [2.24, 2.45) is 4.99 Å². The topological polar surface area (TPSA) is 29.4 Å². The first kappa shape index (κ1) is 9.73. The number of isocyanates is 1. The van der Waals surface area contributed by atoms with E-state index in [2.05, 4.69) is 11.1 Å². The Labute approximate surface area is 93.2 Å². The van der Waals surface area contributed by atoms with Gasteiger partial charge < -0.3 is 0 Å². The summed E-state index contributed by atoms with van der Waals surface area (Å²) in [4.78, 5) is 14.3. The third-order valence-electron chi connectivity index (χ3n) is 3.59. The number of rotatable bonds is 1. The second-order valence-corrected chi connectivity index (χ2v) is 4.56. The molecule has 1 atom stereocenters. The third-order valence-corrected chi connectivity index (χ3v) is 3.59. The van der Waals surface area contributed by atoms with Crippen molar-refractivity contribution >= 4 is 11.8 Å². The monoisotopic (exact) mass is 217 g/mol. The molecule has 82 valence electrons. The normalized spacial score (nSPS) is 21.4. The van der Waals surface area contributed by atoms with Crippen molar-refractivity contribution in [1.82, 2.24) is 0 Å². The van der Waals surface area contributed by atoms with E-state index in [4.69, 9.17) is 0 Å². The second-order valence-electron chi connectivity index (χ2n) is 4.56. The highest BCUT2D eigenvalue weighted by atomic mass is 19.1. The van der Waals surface area contributed by atoms with Crippen molar-refractivity contribution in [3.63, 3.8) is 0 Å². The molecule has 0 radical (unpaired) electrons. The van der Waals surface area contributed by atoms with Crippen LogP contribution in [0.1, 0.15) is 28.7 Å². The summed E-state index contributed by atoms with van der Waals surface area (Å²) in [5, 5.41) is 0. The summed E-state index contributed by atoms with van der Waals surface area (Å²) in [6.07, 6.45) is 4.78. The number of halogens is 1. The molecule has 2 nitrogen and oxygen atoms in total. The molecule has 1 aromatic carbocycles. The third kappa shape index (κ3) is 1.32. The minimum atomic E-state index is -0.807. The zero-order valence-electron chi connectivity index (χ0n) is 8.92. The summed E-state index contributed by atoms with van der Waals surface area (Å²) in [5.41, 5.74) is 5.11. The Hall–Kier alpha value is -1.47. The summed E-state index contributed by atoms with van der Waals surface area (Å²) < 4.78 is 13.4. The summed E-state index contributed by atoms with van der Waals surface area (Å²) in [5.74, 6) is 0. The number of fused-ring (bicyclic) bond motifs is 2. The van der Waals surface area contributed by atoms with Crippen molar-refractivity contribution in [2.75, 3.05) is 0 Å². The van der Waals surface area contributed by atoms with Crippen LogP contribution >= 0.6 is 0 Å². The van der Waals surface area contributed by atoms with Crippen molar-refractivity contribution in [2.45, 2.75) is 38.3 Å². The Morgan fingerprint density at radius 2 is 2.12 bits per heavy atom. The average molecular weight is 217 g/mol. The highest BCUT2D eigenvalue weighted by molar-refractivity contribution is 5.66. The van der Waals surface area contributed by atoms with Gasteiger partial charge >= 0.3 is 0 Å². The zero-order valence-corrected chi connectivity index (χ0v) is 8.92. The Morgan fingerprint density at radius 3 is 2.94 bits per heavy atom. The smallest absolute Gasteiger partial charge is 0.240 e.